The first kappa shape index (κ1) is 21.2. The number of carbonyl (C=O) groups excluding carboxylic acids is 1. The van der Waals surface area contributed by atoms with Crippen LogP contribution < -0.4 is 9.64 Å². The Kier molecular flexibility index (Phi) is 5.40. The Labute approximate surface area is 192 Å². The van der Waals surface area contributed by atoms with Crippen LogP contribution in [0.4, 0.5) is 5.82 Å². The molecule has 33 heavy (non-hydrogen) atoms. The summed E-state index contributed by atoms with van der Waals surface area (Å²) in [6.07, 6.45) is 0.250. The minimum absolute atomic E-state index is 0.0772. The van der Waals surface area contributed by atoms with E-state index in [-0.39, 0.29) is 12.3 Å². The third kappa shape index (κ3) is 3.88. The maximum absolute atomic E-state index is 13.0. The minimum Gasteiger partial charge on any atom is -0.494 e. The summed E-state index contributed by atoms with van der Waals surface area (Å²) in [5, 5.41) is 6.22. The van der Waals surface area contributed by atoms with Gasteiger partial charge in [0.25, 0.3) is 0 Å². The molecule has 0 unspecified atom stereocenters. The van der Waals surface area contributed by atoms with Crippen molar-refractivity contribution in [2.75, 3.05) is 38.2 Å². The van der Waals surface area contributed by atoms with Gasteiger partial charge in [-0.2, -0.15) is 0 Å². The fraction of sp³-hybridized carbons (Fsp3) is 0.346. The largest absolute Gasteiger partial charge is 0.494 e. The van der Waals surface area contributed by atoms with Crippen LogP contribution in [0.5, 0.6) is 5.75 Å². The molecule has 0 saturated carbocycles. The Balaban J connectivity index is 1.30. The molecule has 2 aromatic carbocycles. The third-order valence-corrected chi connectivity index (χ3v) is 6.47. The predicted molar refractivity (Wildman–Crippen MR) is 129 cm³/mol. The lowest BCUT2D eigenvalue weighted by molar-refractivity contribution is -0.130. The summed E-state index contributed by atoms with van der Waals surface area (Å²) < 4.78 is 11.0. The lowest BCUT2D eigenvalue weighted by Crippen LogP contribution is -2.49. The first-order chi connectivity index (χ1) is 15.9. The number of ether oxygens (including phenoxy) is 1. The molecule has 7 heteroatoms. The van der Waals surface area contributed by atoms with Gasteiger partial charge in [-0.15, -0.1) is 0 Å². The Morgan fingerprint density at radius 3 is 2.58 bits per heavy atom. The number of carbonyl (C=O) groups is 1. The molecule has 0 spiro atoms. The highest BCUT2D eigenvalue weighted by Gasteiger charge is 2.24. The molecular weight excluding hydrogens is 416 g/mol. The molecule has 1 fully saturated rings. The Hall–Kier alpha value is -3.61. The first-order valence-corrected chi connectivity index (χ1v) is 11.3. The topological polar surface area (TPSA) is 71.7 Å². The van der Waals surface area contributed by atoms with Crippen LogP contribution >= 0.6 is 0 Å². The fourth-order valence-corrected chi connectivity index (χ4v) is 4.71. The monoisotopic (exact) mass is 444 g/mol. The van der Waals surface area contributed by atoms with E-state index >= 15 is 0 Å². The molecule has 0 bridgehead atoms. The average molecular weight is 445 g/mol. The number of pyridine rings is 1. The zero-order valence-electron chi connectivity index (χ0n) is 19.5. The van der Waals surface area contributed by atoms with E-state index in [4.69, 9.17) is 14.2 Å². The second kappa shape index (κ2) is 8.39. The number of benzene rings is 2. The van der Waals surface area contributed by atoms with Crippen LogP contribution in [-0.4, -0.2) is 54.2 Å². The number of methoxy groups -OCH3 is 1. The zero-order chi connectivity index (χ0) is 23.1. The predicted octanol–water partition coefficient (Wildman–Crippen LogP) is 4.20. The van der Waals surface area contributed by atoms with Gasteiger partial charge in [-0.3, -0.25) is 4.79 Å². The van der Waals surface area contributed by atoms with Gasteiger partial charge >= 0.3 is 0 Å². The highest BCUT2D eigenvalue weighted by atomic mass is 16.5. The molecule has 0 aliphatic carbocycles. The second-order valence-electron chi connectivity index (χ2n) is 8.79. The van der Waals surface area contributed by atoms with Crippen LogP contribution in [0.25, 0.3) is 21.9 Å². The number of fused-ring (bicyclic) bond motifs is 2. The number of anilines is 1. The summed E-state index contributed by atoms with van der Waals surface area (Å²) in [6, 6.07) is 12.2. The van der Waals surface area contributed by atoms with E-state index in [1.807, 2.05) is 36.9 Å². The highest BCUT2D eigenvalue weighted by molar-refractivity contribution is 5.89. The number of hydrogen-bond acceptors (Lipinski definition) is 6. The van der Waals surface area contributed by atoms with Crippen LogP contribution in [0.15, 0.2) is 40.9 Å². The smallest absolute Gasteiger partial charge is 0.228 e. The first-order valence-electron chi connectivity index (χ1n) is 11.3. The molecule has 0 N–H and O–H groups in total. The quantitative estimate of drug-likeness (QED) is 0.470. The van der Waals surface area contributed by atoms with Gasteiger partial charge in [-0.25, -0.2) is 4.98 Å². The number of aryl methyl sites for hydroxylation is 3. The Morgan fingerprint density at radius 1 is 1.03 bits per heavy atom. The van der Waals surface area contributed by atoms with Crippen molar-refractivity contribution in [3.8, 4) is 5.75 Å². The molecule has 3 heterocycles. The van der Waals surface area contributed by atoms with Crippen molar-refractivity contribution in [3.05, 3.63) is 58.8 Å². The molecule has 1 saturated heterocycles. The van der Waals surface area contributed by atoms with E-state index in [0.717, 1.165) is 63.2 Å². The number of para-hydroxylation sites is 1. The standard InChI is InChI=1S/C26H28N4O3/c1-16-12-18(3)26-20(13-16)21(28-33-26)15-24(31)30-10-8-29(9-11-30)23-14-17(2)19-6-5-7-22(32-4)25(19)27-23/h5-7,12-14H,8-11,15H2,1-4H3. The van der Waals surface area contributed by atoms with Gasteiger partial charge in [0.2, 0.25) is 5.91 Å². The average Bonchev–Trinajstić information content (AvgIpc) is 3.21. The van der Waals surface area contributed by atoms with Gasteiger partial charge in [-0.1, -0.05) is 23.4 Å². The van der Waals surface area contributed by atoms with Gasteiger partial charge in [0.1, 0.15) is 22.8 Å². The molecule has 170 valence electrons. The molecule has 0 radical (unpaired) electrons. The molecule has 1 aliphatic rings. The SMILES string of the molecule is COc1cccc2c(C)cc(N3CCN(C(=O)Cc4noc5c(C)cc(C)cc45)CC3)nc12. The summed E-state index contributed by atoms with van der Waals surface area (Å²) in [6.45, 7) is 8.91. The normalized spacial score (nSPS) is 14.3. The van der Waals surface area contributed by atoms with Crippen molar-refractivity contribution in [2.24, 2.45) is 0 Å². The summed E-state index contributed by atoms with van der Waals surface area (Å²) >= 11 is 0. The van der Waals surface area contributed by atoms with Crippen LogP contribution in [-0.2, 0) is 11.2 Å². The molecule has 4 aromatic rings. The molecule has 1 amide bonds. The summed E-state index contributed by atoms with van der Waals surface area (Å²) in [7, 11) is 1.67. The second-order valence-corrected chi connectivity index (χ2v) is 8.79. The minimum atomic E-state index is 0.0772. The maximum Gasteiger partial charge on any atom is 0.228 e. The summed E-state index contributed by atoms with van der Waals surface area (Å²) in [5.41, 5.74) is 5.69. The highest BCUT2D eigenvalue weighted by Crippen LogP contribution is 2.30. The number of nitrogens with zero attached hydrogens (tertiary/aromatic N) is 4. The molecule has 2 aromatic heterocycles. The fourth-order valence-electron chi connectivity index (χ4n) is 4.71. The van der Waals surface area contributed by atoms with Gasteiger partial charge < -0.3 is 19.1 Å². The molecule has 7 nitrogen and oxygen atoms in total. The molecule has 5 rings (SSSR count). The van der Waals surface area contributed by atoms with Gasteiger partial charge in [-0.05, 0) is 55.7 Å². The van der Waals surface area contributed by atoms with Gasteiger partial charge in [0, 0.05) is 37.0 Å². The van der Waals surface area contributed by atoms with E-state index in [1.54, 1.807) is 7.11 Å². The van der Waals surface area contributed by atoms with E-state index in [1.165, 1.54) is 0 Å². The number of hydrogen-bond donors (Lipinski definition) is 0. The van der Waals surface area contributed by atoms with E-state index in [9.17, 15) is 4.79 Å². The van der Waals surface area contributed by atoms with Crippen molar-refractivity contribution in [1.82, 2.24) is 15.0 Å². The number of amides is 1. The lowest BCUT2D eigenvalue weighted by Gasteiger charge is -2.35. The number of aromatic nitrogens is 2. The van der Waals surface area contributed by atoms with Crippen LogP contribution in [0, 0.1) is 20.8 Å². The summed E-state index contributed by atoms with van der Waals surface area (Å²) in [4.78, 5) is 22.1. The Morgan fingerprint density at radius 2 is 1.82 bits per heavy atom. The zero-order valence-corrected chi connectivity index (χ0v) is 19.5. The van der Waals surface area contributed by atoms with Crippen molar-refractivity contribution >= 4 is 33.6 Å². The van der Waals surface area contributed by atoms with E-state index < -0.39 is 0 Å². The van der Waals surface area contributed by atoms with Crippen LogP contribution in [0.2, 0.25) is 0 Å². The van der Waals surface area contributed by atoms with Crippen molar-refractivity contribution in [1.29, 1.82) is 0 Å². The van der Waals surface area contributed by atoms with Crippen molar-refractivity contribution in [2.45, 2.75) is 27.2 Å². The molecule has 0 atom stereocenters. The Bertz CT molecular complexity index is 1350. The molecular formula is C26H28N4O3. The van der Waals surface area contributed by atoms with E-state index in [2.05, 4.69) is 35.2 Å². The van der Waals surface area contributed by atoms with Crippen molar-refractivity contribution < 1.29 is 14.1 Å². The summed E-state index contributed by atoms with van der Waals surface area (Å²) in [5.74, 6) is 1.77. The van der Waals surface area contributed by atoms with Crippen LogP contribution in [0.1, 0.15) is 22.4 Å². The molecule has 1 aliphatic heterocycles. The number of piperazine rings is 1. The van der Waals surface area contributed by atoms with Crippen molar-refractivity contribution in [3.63, 3.8) is 0 Å². The maximum atomic E-state index is 13.0. The van der Waals surface area contributed by atoms with Crippen LogP contribution in [0.3, 0.4) is 0 Å². The third-order valence-electron chi connectivity index (χ3n) is 6.47. The number of rotatable bonds is 4. The lowest BCUT2D eigenvalue weighted by atomic mass is 10.1. The van der Waals surface area contributed by atoms with E-state index in [0.29, 0.717) is 18.8 Å². The van der Waals surface area contributed by atoms with Gasteiger partial charge in [0.15, 0.2) is 5.58 Å². The van der Waals surface area contributed by atoms with Gasteiger partial charge in [0.05, 0.1) is 13.5 Å².